The summed E-state index contributed by atoms with van der Waals surface area (Å²) in [5, 5.41) is 3.37. The van der Waals surface area contributed by atoms with Gasteiger partial charge >= 0.3 is 0 Å². The van der Waals surface area contributed by atoms with Gasteiger partial charge in [0.1, 0.15) is 5.75 Å². The van der Waals surface area contributed by atoms with Crippen molar-refractivity contribution < 1.29 is 9.53 Å². The molecule has 1 fully saturated rings. The van der Waals surface area contributed by atoms with E-state index in [1.54, 1.807) is 6.07 Å². The SMILES string of the molecule is CCCCOc1ccccc1C(=O)NC(=S)N1CCN(Cc2ccccc2)CC1. The fraction of sp³-hybridized carbons (Fsp3) is 0.391. The summed E-state index contributed by atoms with van der Waals surface area (Å²) in [6, 6.07) is 17.8. The summed E-state index contributed by atoms with van der Waals surface area (Å²) in [5.74, 6) is 0.391. The number of hydrogen-bond acceptors (Lipinski definition) is 4. The molecule has 1 saturated heterocycles. The maximum Gasteiger partial charge on any atom is 0.261 e. The van der Waals surface area contributed by atoms with E-state index in [1.807, 2.05) is 24.3 Å². The lowest BCUT2D eigenvalue weighted by molar-refractivity contribution is 0.0965. The van der Waals surface area contributed by atoms with Crippen LogP contribution in [0.5, 0.6) is 5.75 Å². The van der Waals surface area contributed by atoms with E-state index in [2.05, 4.69) is 46.3 Å². The Hall–Kier alpha value is -2.44. The molecule has 3 rings (SSSR count). The molecule has 0 saturated carbocycles. The van der Waals surface area contributed by atoms with Crippen LogP contribution >= 0.6 is 12.2 Å². The summed E-state index contributed by atoms with van der Waals surface area (Å²) < 4.78 is 5.77. The largest absolute Gasteiger partial charge is 0.493 e. The van der Waals surface area contributed by atoms with Gasteiger partial charge in [0.05, 0.1) is 12.2 Å². The van der Waals surface area contributed by atoms with Crippen LogP contribution in [-0.4, -0.2) is 53.6 Å². The molecule has 5 nitrogen and oxygen atoms in total. The fourth-order valence-corrected chi connectivity index (χ4v) is 3.58. The maximum atomic E-state index is 12.7. The Morgan fingerprint density at radius 2 is 1.72 bits per heavy atom. The van der Waals surface area contributed by atoms with Crippen molar-refractivity contribution in [1.29, 1.82) is 0 Å². The fourth-order valence-electron chi connectivity index (χ4n) is 3.30. The monoisotopic (exact) mass is 411 g/mol. The summed E-state index contributed by atoms with van der Waals surface area (Å²) in [6.45, 7) is 7.11. The first-order valence-corrected chi connectivity index (χ1v) is 10.7. The van der Waals surface area contributed by atoms with Crippen LogP contribution in [0.4, 0.5) is 0 Å². The summed E-state index contributed by atoms with van der Waals surface area (Å²) in [4.78, 5) is 17.2. The van der Waals surface area contributed by atoms with E-state index in [0.717, 1.165) is 45.6 Å². The lowest BCUT2D eigenvalue weighted by Gasteiger charge is -2.36. The van der Waals surface area contributed by atoms with E-state index in [0.29, 0.717) is 23.0 Å². The Labute approximate surface area is 178 Å². The van der Waals surface area contributed by atoms with E-state index in [9.17, 15) is 4.79 Å². The molecule has 1 N–H and O–H groups in total. The number of carbonyl (C=O) groups excluding carboxylic acids is 1. The van der Waals surface area contributed by atoms with Crippen molar-refractivity contribution in [2.75, 3.05) is 32.8 Å². The first-order chi connectivity index (χ1) is 14.2. The van der Waals surface area contributed by atoms with Crippen LogP contribution in [0.25, 0.3) is 0 Å². The van der Waals surface area contributed by atoms with Gasteiger partial charge < -0.3 is 9.64 Å². The lowest BCUT2D eigenvalue weighted by Crippen LogP contribution is -2.52. The lowest BCUT2D eigenvalue weighted by atomic mass is 10.2. The average molecular weight is 412 g/mol. The molecule has 6 heteroatoms. The molecular weight excluding hydrogens is 382 g/mol. The highest BCUT2D eigenvalue weighted by molar-refractivity contribution is 7.80. The first-order valence-electron chi connectivity index (χ1n) is 10.3. The second-order valence-corrected chi connectivity index (χ2v) is 7.59. The third kappa shape index (κ3) is 6.27. The second kappa shape index (κ2) is 10.9. The van der Waals surface area contributed by atoms with Gasteiger partial charge in [-0.2, -0.15) is 0 Å². The van der Waals surface area contributed by atoms with Crippen LogP contribution in [0.3, 0.4) is 0 Å². The minimum Gasteiger partial charge on any atom is -0.493 e. The summed E-state index contributed by atoms with van der Waals surface area (Å²) in [7, 11) is 0. The molecule has 1 aliphatic rings. The number of thiocarbonyl (C=S) groups is 1. The molecular formula is C23H29N3O2S. The third-order valence-corrected chi connectivity index (χ3v) is 5.38. The average Bonchev–Trinajstić information content (AvgIpc) is 2.75. The second-order valence-electron chi connectivity index (χ2n) is 7.21. The predicted molar refractivity (Wildman–Crippen MR) is 120 cm³/mol. The van der Waals surface area contributed by atoms with Crippen LogP contribution in [0.15, 0.2) is 54.6 Å². The normalized spacial score (nSPS) is 14.4. The summed E-state index contributed by atoms with van der Waals surface area (Å²) in [5.41, 5.74) is 1.84. The Morgan fingerprint density at radius 1 is 1.03 bits per heavy atom. The number of nitrogens with one attached hydrogen (secondary N) is 1. The van der Waals surface area contributed by atoms with Crippen molar-refractivity contribution in [3.8, 4) is 5.75 Å². The molecule has 0 bridgehead atoms. The highest BCUT2D eigenvalue weighted by Crippen LogP contribution is 2.18. The molecule has 0 unspecified atom stereocenters. The molecule has 0 atom stereocenters. The topological polar surface area (TPSA) is 44.8 Å². The van der Waals surface area contributed by atoms with Crippen molar-refractivity contribution in [3.63, 3.8) is 0 Å². The number of rotatable bonds is 7. The van der Waals surface area contributed by atoms with Crippen molar-refractivity contribution in [3.05, 3.63) is 65.7 Å². The van der Waals surface area contributed by atoms with Gasteiger partial charge in [-0.05, 0) is 36.3 Å². The highest BCUT2D eigenvalue weighted by atomic mass is 32.1. The van der Waals surface area contributed by atoms with Crippen LogP contribution in [0, 0.1) is 0 Å². The van der Waals surface area contributed by atoms with E-state index in [-0.39, 0.29) is 5.91 Å². The molecule has 2 aromatic rings. The molecule has 2 aromatic carbocycles. The Kier molecular flexibility index (Phi) is 8.02. The number of hydrogen-bond donors (Lipinski definition) is 1. The molecule has 0 aliphatic carbocycles. The highest BCUT2D eigenvalue weighted by Gasteiger charge is 2.21. The van der Waals surface area contributed by atoms with E-state index in [1.165, 1.54) is 5.56 Å². The van der Waals surface area contributed by atoms with Gasteiger partial charge in [0, 0.05) is 32.7 Å². The van der Waals surface area contributed by atoms with E-state index >= 15 is 0 Å². The molecule has 1 aliphatic heterocycles. The Bertz CT molecular complexity index is 805. The van der Waals surface area contributed by atoms with E-state index < -0.39 is 0 Å². The van der Waals surface area contributed by atoms with Crippen molar-refractivity contribution in [2.24, 2.45) is 0 Å². The summed E-state index contributed by atoms with van der Waals surface area (Å²) in [6.07, 6.45) is 2.01. The van der Waals surface area contributed by atoms with Crippen molar-refractivity contribution >= 4 is 23.2 Å². The molecule has 1 heterocycles. The standard InChI is InChI=1S/C23H29N3O2S/c1-2-3-17-28-21-12-8-7-11-20(21)22(27)24-23(29)26-15-13-25(14-16-26)18-19-9-5-4-6-10-19/h4-12H,2-3,13-18H2,1H3,(H,24,27,29). The number of benzene rings is 2. The molecule has 0 spiro atoms. The first kappa shape index (κ1) is 21.3. The van der Waals surface area contributed by atoms with Gasteiger partial charge in [0.25, 0.3) is 5.91 Å². The molecule has 29 heavy (non-hydrogen) atoms. The maximum absolute atomic E-state index is 12.7. The number of ether oxygens (including phenoxy) is 1. The quantitative estimate of drug-likeness (QED) is 0.556. The number of carbonyl (C=O) groups is 1. The predicted octanol–water partition coefficient (Wildman–Crippen LogP) is 3.70. The number of para-hydroxylation sites is 1. The van der Waals surface area contributed by atoms with Crippen molar-refractivity contribution in [2.45, 2.75) is 26.3 Å². The number of nitrogens with zero attached hydrogens (tertiary/aromatic N) is 2. The van der Waals surface area contributed by atoms with Crippen LogP contribution in [-0.2, 0) is 6.54 Å². The third-order valence-electron chi connectivity index (χ3n) is 5.02. The number of unbranched alkanes of at least 4 members (excludes halogenated alkanes) is 1. The van der Waals surface area contributed by atoms with Gasteiger partial charge in [-0.3, -0.25) is 15.0 Å². The zero-order chi connectivity index (χ0) is 20.5. The van der Waals surface area contributed by atoms with Gasteiger partial charge in [-0.1, -0.05) is 55.8 Å². The molecule has 154 valence electrons. The van der Waals surface area contributed by atoms with Gasteiger partial charge in [0.2, 0.25) is 0 Å². The molecule has 0 radical (unpaired) electrons. The van der Waals surface area contributed by atoms with Crippen LogP contribution in [0.2, 0.25) is 0 Å². The molecule has 1 amide bonds. The van der Waals surface area contributed by atoms with Crippen LogP contribution in [0.1, 0.15) is 35.7 Å². The Balaban J connectivity index is 1.50. The van der Waals surface area contributed by atoms with Crippen molar-refractivity contribution in [1.82, 2.24) is 15.1 Å². The minimum absolute atomic E-state index is 0.214. The van der Waals surface area contributed by atoms with Gasteiger partial charge in [-0.15, -0.1) is 0 Å². The van der Waals surface area contributed by atoms with Crippen LogP contribution < -0.4 is 10.1 Å². The number of piperazine rings is 1. The van der Waals surface area contributed by atoms with Gasteiger partial charge in [0.15, 0.2) is 5.11 Å². The van der Waals surface area contributed by atoms with Gasteiger partial charge in [-0.25, -0.2) is 0 Å². The summed E-state index contributed by atoms with van der Waals surface area (Å²) >= 11 is 5.50. The molecule has 0 aromatic heterocycles. The Morgan fingerprint density at radius 3 is 2.45 bits per heavy atom. The zero-order valence-electron chi connectivity index (χ0n) is 17.0. The zero-order valence-corrected chi connectivity index (χ0v) is 17.8. The smallest absolute Gasteiger partial charge is 0.261 e. The minimum atomic E-state index is -0.214. The number of amides is 1. The van der Waals surface area contributed by atoms with E-state index in [4.69, 9.17) is 17.0 Å².